The number of hydrogen-bond acceptors (Lipinski definition) is 4. The Bertz CT molecular complexity index is 650. The number of likely N-dealkylation sites (N-methyl/N-ethyl adjacent to an activating group) is 1. The molecule has 30 heavy (non-hydrogen) atoms. The average molecular weight is 419 g/mol. The van der Waals surface area contributed by atoms with Crippen LogP contribution in [0.4, 0.5) is 0 Å². The maximum Gasteiger partial charge on any atom is 0.193 e. The van der Waals surface area contributed by atoms with Gasteiger partial charge in [-0.25, -0.2) is 0 Å². The normalized spacial score (nSPS) is 17.6. The van der Waals surface area contributed by atoms with Gasteiger partial charge in [-0.15, -0.1) is 0 Å². The third kappa shape index (κ3) is 8.05. The highest BCUT2D eigenvalue weighted by atomic mass is 16.5. The number of nitrogens with one attached hydrogen (secondary N) is 1. The first-order valence-corrected chi connectivity index (χ1v) is 11.5. The highest BCUT2D eigenvalue weighted by molar-refractivity contribution is 5.79. The molecule has 1 atom stereocenters. The van der Waals surface area contributed by atoms with Gasteiger partial charge < -0.3 is 24.6 Å². The third-order valence-electron chi connectivity index (χ3n) is 5.77. The summed E-state index contributed by atoms with van der Waals surface area (Å²) >= 11 is 0. The lowest BCUT2D eigenvalue weighted by molar-refractivity contribution is 0.181. The van der Waals surface area contributed by atoms with Crippen LogP contribution in [0.1, 0.15) is 45.1 Å². The first kappa shape index (κ1) is 24.3. The van der Waals surface area contributed by atoms with Gasteiger partial charge >= 0.3 is 0 Å². The molecule has 170 valence electrons. The third-order valence-corrected chi connectivity index (χ3v) is 5.77. The van der Waals surface area contributed by atoms with Gasteiger partial charge in [0.15, 0.2) is 17.5 Å². The Morgan fingerprint density at radius 1 is 1.23 bits per heavy atom. The Hall–Kier alpha value is -1.95. The quantitative estimate of drug-likeness (QED) is 0.338. The summed E-state index contributed by atoms with van der Waals surface area (Å²) in [5, 5.41) is 3.43. The molecule has 1 unspecified atom stereocenters. The number of ether oxygens (including phenoxy) is 2. The number of piperidine rings is 1. The molecule has 1 aliphatic rings. The molecule has 0 saturated carbocycles. The summed E-state index contributed by atoms with van der Waals surface area (Å²) in [6.45, 7) is 10.9. The molecule has 0 aliphatic carbocycles. The van der Waals surface area contributed by atoms with Crippen molar-refractivity contribution in [1.29, 1.82) is 0 Å². The zero-order valence-corrected chi connectivity index (χ0v) is 19.7. The van der Waals surface area contributed by atoms with Crippen LogP contribution in [0, 0.1) is 5.92 Å². The second-order valence-corrected chi connectivity index (χ2v) is 8.35. The van der Waals surface area contributed by atoms with Crippen LogP contribution in [0.15, 0.2) is 23.2 Å². The monoisotopic (exact) mass is 418 g/mol. The first-order valence-electron chi connectivity index (χ1n) is 11.5. The summed E-state index contributed by atoms with van der Waals surface area (Å²) in [5.74, 6) is 3.39. The molecule has 1 aromatic rings. The van der Waals surface area contributed by atoms with Crippen LogP contribution in [0.2, 0.25) is 0 Å². The zero-order chi connectivity index (χ0) is 21.8. The molecule has 1 heterocycles. The summed E-state index contributed by atoms with van der Waals surface area (Å²) in [6.07, 6.45) is 6.04. The van der Waals surface area contributed by atoms with Crippen LogP contribution < -0.4 is 14.8 Å². The second-order valence-electron chi connectivity index (χ2n) is 8.35. The Morgan fingerprint density at radius 2 is 2.03 bits per heavy atom. The van der Waals surface area contributed by atoms with Gasteiger partial charge in [0.05, 0.1) is 14.2 Å². The zero-order valence-electron chi connectivity index (χ0n) is 19.7. The second kappa shape index (κ2) is 13.4. The predicted molar refractivity (Wildman–Crippen MR) is 126 cm³/mol. The fourth-order valence-corrected chi connectivity index (χ4v) is 4.03. The minimum Gasteiger partial charge on any atom is -0.493 e. The Morgan fingerprint density at radius 3 is 2.73 bits per heavy atom. The van der Waals surface area contributed by atoms with E-state index in [9.17, 15) is 0 Å². The first-order chi connectivity index (χ1) is 14.6. The molecule has 1 saturated heterocycles. The number of nitrogens with zero attached hydrogens (tertiary/aromatic N) is 3. The standard InChI is InChI=1S/C24H42N4O2/c1-6-25-24(26-14-7-8-15-28-16-9-10-20(2)19-28)27(3)17-13-21-11-12-22(29-4)23(18-21)30-5/h11-12,18,20H,6-10,13-17,19H2,1-5H3,(H,25,26). The smallest absolute Gasteiger partial charge is 0.193 e. The van der Waals surface area contributed by atoms with Crippen molar-refractivity contribution < 1.29 is 9.47 Å². The van der Waals surface area contributed by atoms with E-state index >= 15 is 0 Å². The van der Waals surface area contributed by atoms with Crippen molar-refractivity contribution in [3.05, 3.63) is 23.8 Å². The number of guanidine groups is 1. The Labute approximate surface area is 183 Å². The molecule has 2 rings (SSSR count). The number of likely N-dealkylation sites (tertiary alicyclic amines) is 1. The fourth-order valence-electron chi connectivity index (χ4n) is 4.03. The SMILES string of the molecule is CCNC(=NCCCCN1CCCC(C)C1)N(C)CCc1ccc(OC)c(OC)c1. The number of hydrogen-bond donors (Lipinski definition) is 1. The number of benzene rings is 1. The number of unbranched alkanes of at least 4 members (excludes halogenated alkanes) is 1. The predicted octanol–water partition coefficient (Wildman–Crippen LogP) is 3.66. The highest BCUT2D eigenvalue weighted by Gasteiger charge is 2.15. The minimum absolute atomic E-state index is 0.767. The molecule has 0 aromatic heterocycles. The van der Waals surface area contributed by atoms with Crippen LogP contribution in [0.25, 0.3) is 0 Å². The van der Waals surface area contributed by atoms with E-state index in [0.717, 1.165) is 55.9 Å². The maximum atomic E-state index is 5.42. The summed E-state index contributed by atoms with van der Waals surface area (Å²) in [4.78, 5) is 9.69. The van der Waals surface area contributed by atoms with Crippen molar-refractivity contribution in [2.45, 2.75) is 46.0 Å². The van der Waals surface area contributed by atoms with E-state index in [4.69, 9.17) is 14.5 Å². The van der Waals surface area contributed by atoms with Crippen molar-refractivity contribution in [2.75, 3.05) is 60.5 Å². The lowest BCUT2D eigenvalue weighted by Gasteiger charge is -2.30. The summed E-state index contributed by atoms with van der Waals surface area (Å²) in [5.41, 5.74) is 1.23. The van der Waals surface area contributed by atoms with Crippen LogP contribution in [-0.2, 0) is 6.42 Å². The van der Waals surface area contributed by atoms with E-state index < -0.39 is 0 Å². The molecular weight excluding hydrogens is 376 g/mol. The van der Waals surface area contributed by atoms with Gasteiger partial charge in [-0.05, 0) is 75.7 Å². The van der Waals surface area contributed by atoms with Crippen LogP contribution in [-0.4, -0.2) is 76.3 Å². The molecule has 1 fully saturated rings. The van der Waals surface area contributed by atoms with E-state index in [1.807, 2.05) is 6.07 Å². The largest absolute Gasteiger partial charge is 0.493 e. The molecule has 0 radical (unpaired) electrons. The van der Waals surface area contributed by atoms with Gasteiger partial charge in [0.2, 0.25) is 0 Å². The number of rotatable bonds is 11. The fraction of sp³-hybridized carbons (Fsp3) is 0.708. The molecule has 0 bridgehead atoms. The molecule has 0 spiro atoms. The van der Waals surface area contributed by atoms with E-state index in [-0.39, 0.29) is 0 Å². The molecule has 1 aliphatic heterocycles. The van der Waals surface area contributed by atoms with E-state index in [1.54, 1.807) is 14.2 Å². The minimum atomic E-state index is 0.767. The van der Waals surface area contributed by atoms with Crippen molar-refractivity contribution in [3.8, 4) is 11.5 Å². The number of methoxy groups -OCH3 is 2. The van der Waals surface area contributed by atoms with Crippen LogP contribution >= 0.6 is 0 Å². The molecule has 1 N–H and O–H groups in total. The lowest BCUT2D eigenvalue weighted by Crippen LogP contribution is -2.40. The van der Waals surface area contributed by atoms with E-state index in [1.165, 1.54) is 44.5 Å². The van der Waals surface area contributed by atoms with Crippen molar-refractivity contribution in [3.63, 3.8) is 0 Å². The summed E-state index contributed by atoms with van der Waals surface area (Å²) in [7, 11) is 5.45. The van der Waals surface area contributed by atoms with Gasteiger partial charge in [0, 0.05) is 33.2 Å². The summed E-state index contributed by atoms with van der Waals surface area (Å²) < 4.78 is 10.7. The topological polar surface area (TPSA) is 49.3 Å². The van der Waals surface area contributed by atoms with E-state index in [0.29, 0.717) is 0 Å². The van der Waals surface area contributed by atoms with Crippen molar-refractivity contribution >= 4 is 5.96 Å². The highest BCUT2D eigenvalue weighted by Crippen LogP contribution is 2.27. The number of aliphatic imine (C=N–C) groups is 1. The van der Waals surface area contributed by atoms with Gasteiger partial charge in [0.25, 0.3) is 0 Å². The lowest BCUT2D eigenvalue weighted by atomic mass is 10.0. The van der Waals surface area contributed by atoms with Crippen molar-refractivity contribution in [2.24, 2.45) is 10.9 Å². The van der Waals surface area contributed by atoms with E-state index in [2.05, 4.69) is 48.1 Å². The molecule has 1 aromatic carbocycles. The Balaban J connectivity index is 1.78. The molecule has 6 nitrogen and oxygen atoms in total. The van der Waals surface area contributed by atoms with Gasteiger partial charge in [-0.3, -0.25) is 4.99 Å². The average Bonchev–Trinajstić information content (AvgIpc) is 2.76. The maximum absolute atomic E-state index is 5.42. The molecular formula is C24H42N4O2. The van der Waals surface area contributed by atoms with Crippen LogP contribution in [0.3, 0.4) is 0 Å². The summed E-state index contributed by atoms with van der Waals surface area (Å²) in [6, 6.07) is 6.12. The molecule has 6 heteroatoms. The van der Waals surface area contributed by atoms with Gasteiger partial charge in [-0.1, -0.05) is 13.0 Å². The van der Waals surface area contributed by atoms with Gasteiger partial charge in [0.1, 0.15) is 0 Å². The van der Waals surface area contributed by atoms with Gasteiger partial charge in [-0.2, -0.15) is 0 Å². The van der Waals surface area contributed by atoms with Crippen LogP contribution in [0.5, 0.6) is 11.5 Å². The Kier molecular flexibility index (Phi) is 10.8. The van der Waals surface area contributed by atoms with Crippen molar-refractivity contribution in [1.82, 2.24) is 15.1 Å². The molecule has 0 amide bonds.